The van der Waals surface area contributed by atoms with Gasteiger partial charge in [-0.25, -0.2) is 0 Å². The lowest BCUT2D eigenvalue weighted by Gasteiger charge is -2.14. The van der Waals surface area contributed by atoms with Gasteiger partial charge < -0.3 is 15.7 Å². The van der Waals surface area contributed by atoms with Crippen molar-refractivity contribution in [3.63, 3.8) is 0 Å². The topological polar surface area (TPSA) is 78.4 Å². The van der Waals surface area contributed by atoms with Gasteiger partial charge in [0.25, 0.3) is 0 Å². The molecule has 1 saturated carbocycles. The van der Waals surface area contributed by atoms with Crippen molar-refractivity contribution in [2.24, 2.45) is 5.41 Å². The fourth-order valence-electron chi connectivity index (χ4n) is 2.11. The lowest BCUT2D eigenvalue weighted by atomic mass is 10.1. The Morgan fingerprint density at radius 1 is 1.17 bits per heavy atom. The summed E-state index contributed by atoms with van der Waals surface area (Å²) in [4.78, 5) is 23.5. The fourth-order valence-corrected chi connectivity index (χ4v) is 2.11. The average Bonchev–Trinajstić information content (AvgIpc) is 3.26. The van der Waals surface area contributed by atoms with Gasteiger partial charge in [-0.3, -0.25) is 9.59 Å². The van der Waals surface area contributed by atoms with Crippen LogP contribution in [-0.2, 0) is 16.0 Å². The number of halogens is 3. The molecule has 0 aliphatic heterocycles. The van der Waals surface area contributed by atoms with Gasteiger partial charge in [-0.2, -0.15) is 13.2 Å². The van der Waals surface area contributed by atoms with Gasteiger partial charge in [0, 0.05) is 17.6 Å². The smallest absolute Gasteiger partial charge is 0.393 e. The molecule has 0 bridgehead atoms. The first-order valence-electron chi connectivity index (χ1n) is 7.09. The molecule has 126 valence electrons. The van der Waals surface area contributed by atoms with Crippen molar-refractivity contribution in [1.29, 1.82) is 0 Å². The lowest BCUT2D eigenvalue weighted by Crippen LogP contribution is -2.39. The second-order valence-corrected chi connectivity index (χ2v) is 5.74. The van der Waals surface area contributed by atoms with Crippen molar-refractivity contribution >= 4 is 17.5 Å². The van der Waals surface area contributed by atoms with Gasteiger partial charge in [0.2, 0.25) is 0 Å². The first-order chi connectivity index (χ1) is 10.7. The molecule has 0 spiro atoms. The minimum atomic E-state index is -4.41. The predicted molar refractivity (Wildman–Crippen MR) is 76.6 cm³/mol. The first-order valence-corrected chi connectivity index (χ1v) is 7.09. The summed E-state index contributed by atoms with van der Waals surface area (Å²) in [7, 11) is 0. The summed E-state index contributed by atoms with van der Waals surface area (Å²) in [5.41, 5.74) is -0.520. The highest BCUT2D eigenvalue weighted by molar-refractivity contribution is 6.39. The van der Waals surface area contributed by atoms with Crippen LogP contribution in [0.1, 0.15) is 18.4 Å². The molecule has 1 aliphatic carbocycles. The Balaban J connectivity index is 1.95. The molecular weight excluding hydrogens is 313 g/mol. The number of anilines is 1. The van der Waals surface area contributed by atoms with Crippen LogP contribution in [0.5, 0.6) is 0 Å². The fraction of sp³-hybridized carbons (Fsp3) is 0.467. The van der Waals surface area contributed by atoms with E-state index in [-0.39, 0.29) is 29.8 Å². The number of aliphatic hydroxyl groups excluding tert-OH is 1. The van der Waals surface area contributed by atoms with E-state index in [1.54, 1.807) is 0 Å². The summed E-state index contributed by atoms with van der Waals surface area (Å²) in [5, 5.41) is 13.7. The van der Waals surface area contributed by atoms with E-state index in [0.717, 1.165) is 12.8 Å². The zero-order chi connectivity index (χ0) is 17.1. The molecule has 3 N–H and O–H groups in total. The van der Waals surface area contributed by atoms with Crippen molar-refractivity contribution < 1.29 is 27.9 Å². The Bertz CT molecular complexity index is 598. The normalized spacial score (nSPS) is 15.8. The zero-order valence-corrected chi connectivity index (χ0v) is 12.2. The number of rotatable bonds is 5. The number of para-hydroxylation sites is 1. The highest BCUT2D eigenvalue weighted by atomic mass is 19.4. The Hall–Kier alpha value is -2.09. The number of benzene rings is 1. The Morgan fingerprint density at radius 2 is 1.83 bits per heavy atom. The summed E-state index contributed by atoms with van der Waals surface area (Å²) in [6.45, 7) is 0.0866. The number of amides is 2. The standard InChI is InChI=1S/C15H17F3N2O3/c16-15(17,18)7-10-3-1-2-4-11(10)20-13(23)12(22)19-8-14(9-21)5-6-14/h1-4,21H,5-9H2,(H,19,22)(H,20,23). The van der Waals surface area contributed by atoms with Gasteiger partial charge >= 0.3 is 18.0 Å². The van der Waals surface area contributed by atoms with E-state index in [0.29, 0.717) is 0 Å². The molecule has 5 nitrogen and oxygen atoms in total. The maximum Gasteiger partial charge on any atom is 0.393 e. The highest BCUT2D eigenvalue weighted by Gasteiger charge is 2.42. The second kappa shape index (κ2) is 6.57. The van der Waals surface area contributed by atoms with Crippen LogP contribution in [0.25, 0.3) is 0 Å². The monoisotopic (exact) mass is 330 g/mol. The van der Waals surface area contributed by atoms with Crippen LogP contribution in [-0.4, -0.2) is 36.2 Å². The highest BCUT2D eigenvalue weighted by Crippen LogP contribution is 2.44. The van der Waals surface area contributed by atoms with Crippen LogP contribution < -0.4 is 10.6 Å². The largest absolute Gasteiger partial charge is 0.396 e. The molecule has 0 aromatic heterocycles. The van der Waals surface area contributed by atoms with Crippen LogP contribution in [0, 0.1) is 5.41 Å². The van der Waals surface area contributed by atoms with Gasteiger partial charge in [0.15, 0.2) is 0 Å². The Labute approximate surface area is 130 Å². The molecule has 1 fully saturated rings. The van der Waals surface area contributed by atoms with E-state index in [4.69, 9.17) is 5.11 Å². The maximum absolute atomic E-state index is 12.5. The van der Waals surface area contributed by atoms with Crippen molar-refractivity contribution in [1.82, 2.24) is 5.32 Å². The molecule has 0 saturated heterocycles. The molecule has 23 heavy (non-hydrogen) atoms. The van der Waals surface area contributed by atoms with E-state index in [1.165, 1.54) is 24.3 Å². The summed E-state index contributed by atoms with van der Waals surface area (Å²) in [6.07, 6.45) is -4.08. The van der Waals surface area contributed by atoms with Crippen LogP contribution in [0.3, 0.4) is 0 Å². The molecule has 1 aromatic rings. The predicted octanol–water partition coefficient (Wildman–Crippen LogP) is 1.62. The first kappa shape index (κ1) is 17.3. The van der Waals surface area contributed by atoms with E-state index in [1.807, 2.05) is 0 Å². The third-order valence-electron chi connectivity index (χ3n) is 3.78. The molecule has 1 aliphatic rings. The number of hydrogen-bond donors (Lipinski definition) is 3. The molecular formula is C15H17F3N2O3. The van der Waals surface area contributed by atoms with E-state index >= 15 is 0 Å². The summed E-state index contributed by atoms with van der Waals surface area (Å²) < 4.78 is 37.5. The van der Waals surface area contributed by atoms with Crippen LogP contribution in [0.2, 0.25) is 0 Å². The quantitative estimate of drug-likeness (QED) is 0.718. The van der Waals surface area contributed by atoms with Crippen molar-refractivity contribution in [2.45, 2.75) is 25.4 Å². The number of aliphatic hydroxyl groups is 1. The van der Waals surface area contributed by atoms with Crippen molar-refractivity contribution in [3.05, 3.63) is 29.8 Å². The number of alkyl halides is 3. The van der Waals surface area contributed by atoms with Gasteiger partial charge in [-0.15, -0.1) is 0 Å². The van der Waals surface area contributed by atoms with Crippen LogP contribution in [0.15, 0.2) is 24.3 Å². The van der Waals surface area contributed by atoms with Gasteiger partial charge in [0.1, 0.15) is 0 Å². The van der Waals surface area contributed by atoms with E-state index in [2.05, 4.69) is 10.6 Å². The van der Waals surface area contributed by atoms with Gasteiger partial charge in [-0.05, 0) is 24.5 Å². The van der Waals surface area contributed by atoms with Gasteiger partial charge in [-0.1, -0.05) is 18.2 Å². The number of carbonyl (C=O) groups is 2. The molecule has 0 unspecified atom stereocenters. The summed E-state index contributed by atoms with van der Waals surface area (Å²) >= 11 is 0. The van der Waals surface area contributed by atoms with E-state index < -0.39 is 24.4 Å². The zero-order valence-electron chi connectivity index (χ0n) is 12.2. The number of carbonyl (C=O) groups excluding carboxylic acids is 2. The third kappa shape index (κ3) is 4.95. The Kier molecular flexibility index (Phi) is 4.93. The maximum atomic E-state index is 12.5. The molecule has 0 atom stereocenters. The summed E-state index contributed by atoms with van der Waals surface area (Å²) in [6, 6.07) is 5.45. The third-order valence-corrected chi connectivity index (χ3v) is 3.78. The minimum Gasteiger partial charge on any atom is -0.396 e. The van der Waals surface area contributed by atoms with E-state index in [9.17, 15) is 22.8 Å². The molecule has 0 heterocycles. The number of hydrogen-bond acceptors (Lipinski definition) is 3. The molecule has 2 rings (SSSR count). The lowest BCUT2D eigenvalue weighted by molar-refractivity contribution is -0.136. The SMILES string of the molecule is O=C(NCC1(CO)CC1)C(=O)Nc1ccccc1CC(F)(F)F. The molecule has 1 aromatic carbocycles. The minimum absolute atomic E-state index is 0.0479. The molecule has 2 amide bonds. The Morgan fingerprint density at radius 3 is 2.39 bits per heavy atom. The number of nitrogens with one attached hydrogen (secondary N) is 2. The molecule has 8 heteroatoms. The second-order valence-electron chi connectivity index (χ2n) is 5.74. The van der Waals surface area contributed by atoms with Crippen molar-refractivity contribution in [2.75, 3.05) is 18.5 Å². The van der Waals surface area contributed by atoms with Crippen LogP contribution in [0.4, 0.5) is 18.9 Å². The average molecular weight is 330 g/mol. The summed E-state index contributed by atoms with van der Waals surface area (Å²) in [5.74, 6) is -1.97. The van der Waals surface area contributed by atoms with Crippen LogP contribution >= 0.6 is 0 Å². The van der Waals surface area contributed by atoms with Crippen molar-refractivity contribution in [3.8, 4) is 0 Å². The molecule has 0 radical (unpaired) electrons. The van der Waals surface area contributed by atoms with Gasteiger partial charge in [0.05, 0.1) is 13.0 Å².